The van der Waals surface area contributed by atoms with Gasteiger partial charge in [-0.1, -0.05) is 29.5 Å². The highest BCUT2D eigenvalue weighted by molar-refractivity contribution is 14.1. The fourth-order valence-electron chi connectivity index (χ4n) is 0.521. The molecule has 0 aliphatic heterocycles. The molecule has 0 rings (SSSR count). The lowest BCUT2D eigenvalue weighted by Gasteiger charge is -2.25. The normalized spacial score (nSPS) is 14.3. The molecule has 0 fully saturated rings. The van der Waals surface area contributed by atoms with Crippen LogP contribution in [0.2, 0.25) is 0 Å². The highest BCUT2D eigenvalue weighted by Gasteiger charge is 2.19. The highest BCUT2D eigenvalue weighted by Crippen LogP contribution is 2.08. The summed E-state index contributed by atoms with van der Waals surface area (Å²) in [6.07, 6.45) is 0.960. The van der Waals surface area contributed by atoms with Gasteiger partial charge < -0.3 is 5.32 Å². The minimum absolute atomic E-state index is 0.0541. The number of amides is 1. The molecule has 1 atom stereocenters. The van der Waals surface area contributed by atoms with Crippen LogP contribution in [0.4, 0.5) is 0 Å². The molecule has 66 valence electrons. The van der Waals surface area contributed by atoms with Crippen LogP contribution in [0.5, 0.6) is 0 Å². The van der Waals surface area contributed by atoms with Gasteiger partial charge in [0.2, 0.25) is 5.91 Å². The minimum Gasteiger partial charge on any atom is -0.350 e. The average molecular weight is 269 g/mol. The Morgan fingerprint density at radius 3 is 2.36 bits per heavy atom. The van der Waals surface area contributed by atoms with E-state index in [9.17, 15) is 4.79 Å². The van der Waals surface area contributed by atoms with E-state index in [2.05, 4.69) is 34.8 Å². The smallest absolute Gasteiger partial charge is 0.233 e. The first-order valence-electron chi connectivity index (χ1n) is 3.85. The van der Waals surface area contributed by atoms with E-state index in [1.165, 1.54) is 0 Å². The molecular weight excluding hydrogens is 253 g/mol. The maximum absolute atomic E-state index is 11.2. The summed E-state index contributed by atoms with van der Waals surface area (Å²) in [5, 5.41) is 2.96. The molecule has 1 amide bonds. The second kappa shape index (κ2) is 4.28. The maximum atomic E-state index is 11.2. The molecule has 3 heteroatoms. The molecule has 11 heavy (non-hydrogen) atoms. The van der Waals surface area contributed by atoms with Crippen molar-refractivity contribution in [3.05, 3.63) is 0 Å². The molecule has 0 aliphatic carbocycles. The Labute approximate surface area is 82.3 Å². The largest absolute Gasteiger partial charge is 0.350 e. The van der Waals surface area contributed by atoms with E-state index >= 15 is 0 Å². The summed E-state index contributed by atoms with van der Waals surface area (Å²) in [6, 6.07) is 0. The van der Waals surface area contributed by atoms with Gasteiger partial charge >= 0.3 is 0 Å². The Bertz CT molecular complexity index is 143. The molecule has 0 bridgehead atoms. The van der Waals surface area contributed by atoms with Crippen LogP contribution in [-0.4, -0.2) is 15.4 Å². The van der Waals surface area contributed by atoms with Gasteiger partial charge in [-0.25, -0.2) is 0 Å². The fourth-order valence-corrected chi connectivity index (χ4v) is 0.677. The van der Waals surface area contributed by atoms with Gasteiger partial charge in [0.1, 0.15) is 0 Å². The van der Waals surface area contributed by atoms with Crippen molar-refractivity contribution in [3.8, 4) is 0 Å². The van der Waals surface area contributed by atoms with Crippen LogP contribution in [-0.2, 0) is 4.79 Å². The molecule has 1 unspecified atom stereocenters. The summed E-state index contributed by atoms with van der Waals surface area (Å²) in [7, 11) is 0. The number of hydrogen-bond donors (Lipinski definition) is 1. The summed E-state index contributed by atoms with van der Waals surface area (Å²) in [4.78, 5) is 11.2. The van der Waals surface area contributed by atoms with Crippen molar-refractivity contribution in [1.29, 1.82) is 0 Å². The van der Waals surface area contributed by atoms with Crippen molar-refractivity contribution in [3.63, 3.8) is 0 Å². The van der Waals surface area contributed by atoms with Crippen molar-refractivity contribution >= 4 is 28.5 Å². The lowest BCUT2D eigenvalue weighted by atomic mass is 10.0. The van der Waals surface area contributed by atoms with E-state index in [1.54, 1.807) is 0 Å². The van der Waals surface area contributed by atoms with Crippen molar-refractivity contribution in [2.45, 2.75) is 43.6 Å². The number of carbonyl (C=O) groups excluding carboxylic acids is 1. The van der Waals surface area contributed by atoms with Gasteiger partial charge in [-0.3, -0.25) is 4.79 Å². The first-order valence-corrected chi connectivity index (χ1v) is 5.09. The van der Waals surface area contributed by atoms with Crippen molar-refractivity contribution < 1.29 is 4.79 Å². The first kappa shape index (κ1) is 11.2. The number of hydrogen-bond acceptors (Lipinski definition) is 1. The average Bonchev–Trinajstić information content (AvgIpc) is 1.87. The van der Waals surface area contributed by atoms with Crippen LogP contribution in [0.15, 0.2) is 0 Å². The number of rotatable bonds is 3. The summed E-state index contributed by atoms with van der Waals surface area (Å²) >= 11 is 2.11. The van der Waals surface area contributed by atoms with Crippen LogP contribution < -0.4 is 5.32 Å². The lowest BCUT2D eigenvalue weighted by Crippen LogP contribution is -2.45. The Kier molecular flexibility index (Phi) is 4.36. The van der Waals surface area contributed by atoms with Crippen LogP contribution in [0.25, 0.3) is 0 Å². The molecule has 1 N–H and O–H groups in total. The van der Waals surface area contributed by atoms with E-state index in [0.29, 0.717) is 0 Å². The number of halogens is 1. The zero-order valence-electron chi connectivity index (χ0n) is 7.57. The number of carbonyl (C=O) groups is 1. The van der Waals surface area contributed by atoms with Crippen LogP contribution in [0, 0.1) is 0 Å². The van der Waals surface area contributed by atoms with Crippen molar-refractivity contribution in [2.24, 2.45) is 0 Å². The zero-order valence-corrected chi connectivity index (χ0v) is 9.73. The SMILES string of the molecule is CCC(C)(C)NC(=O)C(C)I. The van der Waals surface area contributed by atoms with Crippen molar-refractivity contribution in [2.75, 3.05) is 0 Å². The Hall–Kier alpha value is 0.200. The summed E-state index contributed by atoms with van der Waals surface area (Å²) in [6.45, 7) is 8.02. The van der Waals surface area contributed by atoms with Gasteiger partial charge in [-0.2, -0.15) is 0 Å². The van der Waals surface area contributed by atoms with Gasteiger partial charge in [-0.15, -0.1) is 0 Å². The van der Waals surface area contributed by atoms with E-state index in [0.717, 1.165) is 6.42 Å². The van der Waals surface area contributed by atoms with Gasteiger partial charge in [-0.05, 0) is 27.2 Å². The van der Waals surface area contributed by atoms with Crippen LogP contribution in [0.1, 0.15) is 34.1 Å². The molecule has 0 aromatic heterocycles. The quantitative estimate of drug-likeness (QED) is 0.617. The second-order valence-corrected chi connectivity index (χ2v) is 5.21. The Morgan fingerprint density at radius 2 is 2.09 bits per heavy atom. The maximum Gasteiger partial charge on any atom is 0.233 e. The van der Waals surface area contributed by atoms with Crippen LogP contribution in [0.3, 0.4) is 0 Å². The predicted octanol–water partition coefficient (Wildman–Crippen LogP) is 2.11. The number of alkyl halides is 1. The van der Waals surface area contributed by atoms with E-state index < -0.39 is 0 Å². The van der Waals surface area contributed by atoms with Crippen LogP contribution >= 0.6 is 22.6 Å². The highest BCUT2D eigenvalue weighted by atomic mass is 127. The molecular formula is C8H16INO. The van der Waals surface area contributed by atoms with E-state index in [1.807, 2.05) is 20.8 Å². The van der Waals surface area contributed by atoms with Gasteiger partial charge in [0.25, 0.3) is 0 Å². The predicted molar refractivity (Wildman–Crippen MR) is 56.0 cm³/mol. The van der Waals surface area contributed by atoms with Gasteiger partial charge in [0.15, 0.2) is 0 Å². The minimum atomic E-state index is -0.0590. The fraction of sp³-hybridized carbons (Fsp3) is 0.875. The molecule has 2 nitrogen and oxygen atoms in total. The monoisotopic (exact) mass is 269 g/mol. The second-order valence-electron chi connectivity index (χ2n) is 3.34. The third kappa shape index (κ3) is 4.61. The molecule has 0 spiro atoms. The molecule has 0 radical (unpaired) electrons. The molecule has 0 heterocycles. The first-order chi connectivity index (χ1) is 4.89. The summed E-state index contributed by atoms with van der Waals surface area (Å²) < 4.78 is 0.0541. The third-order valence-electron chi connectivity index (χ3n) is 1.71. The van der Waals surface area contributed by atoms with E-state index in [-0.39, 0.29) is 15.4 Å². The molecule has 0 aromatic carbocycles. The lowest BCUT2D eigenvalue weighted by molar-refractivity contribution is -0.121. The number of nitrogens with one attached hydrogen (secondary N) is 1. The zero-order chi connectivity index (χ0) is 9.07. The molecule has 0 saturated carbocycles. The molecule has 0 aliphatic rings. The topological polar surface area (TPSA) is 29.1 Å². The standard InChI is InChI=1S/C8H16INO/c1-5-8(3,4)10-7(11)6(2)9/h6H,5H2,1-4H3,(H,10,11). The summed E-state index contributed by atoms with van der Waals surface area (Å²) in [5.74, 6) is 0.123. The van der Waals surface area contributed by atoms with E-state index in [4.69, 9.17) is 0 Å². The van der Waals surface area contributed by atoms with Crippen molar-refractivity contribution in [1.82, 2.24) is 5.32 Å². The molecule has 0 saturated heterocycles. The van der Waals surface area contributed by atoms with Gasteiger partial charge in [0, 0.05) is 5.54 Å². The van der Waals surface area contributed by atoms with Gasteiger partial charge in [0.05, 0.1) is 3.92 Å². The molecule has 0 aromatic rings. The Morgan fingerprint density at radius 1 is 1.64 bits per heavy atom. The summed E-state index contributed by atoms with van der Waals surface area (Å²) in [5.41, 5.74) is -0.0590. The Balaban J connectivity index is 3.94. The third-order valence-corrected chi connectivity index (χ3v) is 2.27.